The number of nitrogens with zero attached hydrogens (tertiary/aromatic N) is 2. The Morgan fingerprint density at radius 3 is 2.58 bits per heavy atom. The number of amides is 1. The number of hydrogen-bond donors (Lipinski definition) is 0. The average Bonchev–Trinajstić information content (AvgIpc) is 2.79. The summed E-state index contributed by atoms with van der Waals surface area (Å²) >= 11 is 0. The van der Waals surface area contributed by atoms with Crippen molar-refractivity contribution in [3.05, 3.63) is 35.5 Å². The fourth-order valence-corrected chi connectivity index (χ4v) is 3.18. The minimum absolute atomic E-state index is 0.0902. The van der Waals surface area contributed by atoms with E-state index in [0.717, 1.165) is 22.2 Å². The second-order valence-electron chi connectivity index (χ2n) is 6.08. The number of benzene rings is 1. The third kappa shape index (κ3) is 2.89. The van der Waals surface area contributed by atoms with Gasteiger partial charge in [-0.05, 0) is 18.6 Å². The van der Waals surface area contributed by atoms with Crippen LogP contribution in [0.15, 0.2) is 24.3 Å². The molecule has 0 unspecified atom stereocenters. The fraction of sp³-hybridized carbons (Fsp3) is 0.444. The molecular formula is C18H22N2O4. The van der Waals surface area contributed by atoms with Crippen LogP contribution in [-0.4, -0.2) is 54.8 Å². The average molecular weight is 330 g/mol. The molecule has 24 heavy (non-hydrogen) atoms. The van der Waals surface area contributed by atoms with Crippen molar-refractivity contribution in [1.82, 2.24) is 9.47 Å². The zero-order valence-electron chi connectivity index (χ0n) is 14.2. The second-order valence-corrected chi connectivity index (χ2v) is 6.08. The molecule has 0 atom stereocenters. The Kier molecular flexibility index (Phi) is 4.57. The zero-order chi connectivity index (χ0) is 17.3. The molecule has 0 aliphatic carbocycles. The lowest BCUT2D eigenvalue weighted by atomic mass is 10.0. The summed E-state index contributed by atoms with van der Waals surface area (Å²) in [5.74, 6) is -0.213. The largest absolute Gasteiger partial charge is 0.468 e. The SMILES string of the molecule is COC(=O)Cn1c(C)c(CC(=O)N2CC(OC)C2)c2ccccc21. The molecule has 1 aromatic carbocycles. The third-order valence-electron chi connectivity index (χ3n) is 4.74. The van der Waals surface area contributed by atoms with Crippen LogP contribution in [0.25, 0.3) is 10.9 Å². The maximum Gasteiger partial charge on any atom is 0.325 e. The van der Waals surface area contributed by atoms with Crippen LogP contribution >= 0.6 is 0 Å². The number of likely N-dealkylation sites (tertiary alicyclic amines) is 1. The Hall–Kier alpha value is -2.34. The first-order chi connectivity index (χ1) is 11.5. The van der Waals surface area contributed by atoms with Gasteiger partial charge in [-0.25, -0.2) is 0 Å². The molecule has 0 bridgehead atoms. The standard InChI is InChI=1S/C18H22N2O4/c1-12-15(8-17(21)19-9-13(10-19)23-2)14-6-4-5-7-16(14)20(12)11-18(22)24-3/h4-7,13H,8-11H2,1-3H3. The lowest BCUT2D eigenvalue weighted by Crippen LogP contribution is -2.54. The smallest absolute Gasteiger partial charge is 0.325 e. The summed E-state index contributed by atoms with van der Waals surface area (Å²) in [6, 6.07) is 7.83. The van der Waals surface area contributed by atoms with Crippen LogP contribution in [0.4, 0.5) is 0 Å². The van der Waals surface area contributed by atoms with Gasteiger partial charge in [0.05, 0.1) is 19.6 Å². The van der Waals surface area contributed by atoms with Crippen LogP contribution in [0.5, 0.6) is 0 Å². The van der Waals surface area contributed by atoms with Gasteiger partial charge in [0, 0.05) is 36.8 Å². The minimum atomic E-state index is -0.303. The lowest BCUT2D eigenvalue weighted by Gasteiger charge is -2.38. The Labute approximate surface area is 140 Å². The highest BCUT2D eigenvalue weighted by Crippen LogP contribution is 2.27. The number of para-hydroxylation sites is 1. The molecule has 6 heteroatoms. The van der Waals surface area contributed by atoms with E-state index in [2.05, 4.69) is 0 Å². The van der Waals surface area contributed by atoms with E-state index in [-0.39, 0.29) is 24.5 Å². The van der Waals surface area contributed by atoms with Crippen molar-refractivity contribution < 1.29 is 19.1 Å². The predicted octanol–water partition coefficient (Wildman–Crippen LogP) is 1.52. The lowest BCUT2D eigenvalue weighted by molar-refractivity contribution is -0.142. The van der Waals surface area contributed by atoms with E-state index in [4.69, 9.17) is 9.47 Å². The Balaban J connectivity index is 1.89. The second kappa shape index (κ2) is 6.65. The van der Waals surface area contributed by atoms with Gasteiger partial charge in [0.1, 0.15) is 6.54 Å². The number of ether oxygens (including phenoxy) is 2. The number of carbonyl (C=O) groups excluding carboxylic acids is 2. The highest BCUT2D eigenvalue weighted by Gasteiger charge is 2.31. The molecule has 1 aliphatic rings. The van der Waals surface area contributed by atoms with Crippen molar-refractivity contribution in [3.8, 4) is 0 Å². The van der Waals surface area contributed by atoms with Gasteiger partial charge in [0.15, 0.2) is 0 Å². The third-order valence-corrected chi connectivity index (χ3v) is 4.74. The van der Waals surface area contributed by atoms with Gasteiger partial charge in [-0.3, -0.25) is 9.59 Å². The quantitative estimate of drug-likeness (QED) is 0.780. The van der Waals surface area contributed by atoms with E-state index < -0.39 is 0 Å². The molecule has 6 nitrogen and oxygen atoms in total. The summed E-state index contributed by atoms with van der Waals surface area (Å²) in [6.07, 6.45) is 0.479. The van der Waals surface area contributed by atoms with Gasteiger partial charge in [-0.2, -0.15) is 0 Å². The molecule has 2 aromatic rings. The molecular weight excluding hydrogens is 308 g/mol. The van der Waals surface area contributed by atoms with Crippen molar-refractivity contribution in [2.45, 2.75) is 26.0 Å². The minimum Gasteiger partial charge on any atom is -0.468 e. The summed E-state index contributed by atoms with van der Waals surface area (Å²) in [5, 5.41) is 1.01. The van der Waals surface area contributed by atoms with E-state index in [1.54, 1.807) is 12.0 Å². The molecule has 0 N–H and O–H groups in total. The Morgan fingerprint density at radius 1 is 1.21 bits per heavy atom. The van der Waals surface area contributed by atoms with Crippen LogP contribution in [0.2, 0.25) is 0 Å². The molecule has 128 valence electrons. The van der Waals surface area contributed by atoms with Gasteiger partial charge in [-0.1, -0.05) is 18.2 Å². The number of esters is 1. The van der Waals surface area contributed by atoms with Gasteiger partial charge >= 0.3 is 5.97 Å². The molecule has 1 aliphatic heterocycles. The zero-order valence-corrected chi connectivity index (χ0v) is 14.2. The highest BCUT2D eigenvalue weighted by atomic mass is 16.5. The number of rotatable bonds is 5. The van der Waals surface area contributed by atoms with E-state index in [9.17, 15) is 9.59 Å². The van der Waals surface area contributed by atoms with Crippen LogP contribution in [0.3, 0.4) is 0 Å². The number of aromatic nitrogens is 1. The first-order valence-corrected chi connectivity index (χ1v) is 7.99. The Morgan fingerprint density at radius 2 is 1.92 bits per heavy atom. The number of carbonyl (C=O) groups is 2. The predicted molar refractivity (Wildman–Crippen MR) is 89.8 cm³/mol. The summed E-state index contributed by atoms with van der Waals surface area (Å²) in [6.45, 7) is 3.39. The molecule has 0 spiro atoms. The van der Waals surface area contributed by atoms with Crippen LogP contribution in [-0.2, 0) is 32.0 Å². The van der Waals surface area contributed by atoms with E-state index in [1.807, 2.05) is 35.8 Å². The maximum absolute atomic E-state index is 12.5. The normalized spacial score (nSPS) is 14.7. The van der Waals surface area contributed by atoms with Crippen molar-refractivity contribution in [3.63, 3.8) is 0 Å². The summed E-state index contributed by atoms with van der Waals surface area (Å²) in [4.78, 5) is 26.0. The van der Waals surface area contributed by atoms with Crippen molar-refractivity contribution in [1.29, 1.82) is 0 Å². The molecule has 1 amide bonds. The van der Waals surface area contributed by atoms with E-state index >= 15 is 0 Å². The Bertz CT molecular complexity index is 775. The van der Waals surface area contributed by atoms with E-state index in [0.29, 0.717) is 19.5 Å². The van der Waals surface area contributed by atoms with Crippen LogP contribution in [0.1, 0.15) is 11.3 Å². The van der Waals surface area contributed by atoms with Crippen molar-refractivity contribution in [2.75, 3.05) is 27.3 Å². The topological polar surface area (TPSA) is 60.8 Å². The summed E-state index contributed by atoms with van der Waals surface area (Å²) in [7, 11) is 3.04. The monoisotopic (exact) mass is 330 g/mol. The fourth-order valence-electron chi connectivity index (χ4n) is 3.18. The number of hydrogen-bond acceptors (Lipinski definition) is 4. The van der Waals surface area contributed by atoms with Crippen molar-refractivity contribution >= 4 is 22.8 Å². The van der Waals surface area contributed by atoms with Gasteiger partial charge in [-0.15, -0.1) is 0 Å². The molecule has 0 radical (unpaired) electrons. The maximum atomic E-state index is 12.5. The molecule has 1 fully saturated rings. The van der Waals surface area contributed by atoms with Gasteiger partial charge < -0.3 is 18.9 Å². The molecule has 2 heterocycles. The van der Waals surface area contributed by atoms with E-state index in [1.165, 1.54) is 7.11 Å². The molecule has 1 aromatic heterocycles. The van der Waals surface area contributed by atoms with Crippen molar-refractivity contribution in [2.24, 2.45) is 0 Å². The first-order valence-electron chi connectivity index (χ1n) is 7.99. The van der Waals surface area contributed by atoms with Gasteiger partial charge in [0.2, 0.25) is 5.91 Å². The highest BCUT2D eigenvalue weighted by molar-refractivity contribution is 5.91. The number of fused-ring (bicyclic) bond motifs is 1. The molecule has 3 rings (SSSR count). The molecule has 1 saturated heterocycles. The summed E-state index contributed by atoms with van der Waals surface area (Å²) in [5.41, 5.74) is 2.85. The summed E-state index contributed by atoms with van der Waals surface area (Å²) < 4.78 is 11.9. The molecule has 0 saturated carbocycles. The van der Waals surface area contributed by atoms with Crippen LogP contribution in [0, 0.1) is 6.92 Å². The van der Waals surface area contributed by atoms with Crippen LogP contribution < -0.4 is 0 Å². The number of methoxy groups -OCH3 is 2. The van der Waals surface area contributed by atoms with Gasteiger partial charge in [0.25, 0.3) is 0 Å². The first kappa shape index (κ1) is 16.5.